The van der Waals surface area contributed by atoms with Gasteiger partial charge >= 0.3 is 6.03 Å². The summed E-state index contributed by atoms with van der Waals surface area (Å²) in [7, 11) is -3.38. The number of carbonyl (C=O) groups is 1. The molecule has 0 spiro atoms. The van der Waals surface area contributed by atoms with E-state index < -0.39 is 9.84 Å². The van der Waals surface area contributed by atoms with Crippen LogP contribution < -0.4 is 10.6 Å². The highest BCUT2D eigenvalue weighted by Gasteiger charge is 2.23. The van der Waals surface area contributed by atoms with Gasteiger partial charge in [-0.05, 0) is 30.9 Å². The quantitative estimate of drug-likeness (QED) is 0.858. The van der Waals surface area contributed by atoms with Crippen LogP contribution in [0.1, 0.15) is 32.6 Å². The zero-order chi connectivity index (χ0) is 18.7. The molecule has 8 heteroatoms. The van der Waals surface area contributed by atoms with E-state index in [0.717, 1.165) is 25.5 Å². The standard InChI is InChI=1S/C18H24N4O3S/c1-13-7-3-4-8-15(13)21-18(23)20-14-11-19-22(12-14)16-9-5-6-10-17(16)26(2,24)25/h5-6,9-13,15H,3-4,7-8H2,1-2H3,(H2,20,21,23). The fraction of sp³-hybridized carbons (Fsp3) is 0.444. The van der Waals surface area contributed by atoms with Crippen LogP contribution in [-0.4, -0.2) is 36.5 Å². The Balaban J connectivity index is 1.72. The van der Waals surface area contributed by atoms with Gasteiger partial charge < -0.3 is 10.6 Å². The molecule has 2 atom stereocenters. The molecule has 1 aromatic carbocycles. The van der Waals surface area contributed by atoms with Crippen molar-refractivity contribution in [2.24, 2.45) is 5.92 Å². The normalized spacial score (nSPS) is 20.5. The molecule has 0 radical (unpaired) electrons. The van der Waals surface area contributed by atoms with Crippen LogP contribution in [0, 0.1) is 5.92 Å². The Morgan fingerprint density at radius 2 is 1.96 bits per heavy atom. The van der Waals surface area contributed by atoms with Gasteiger partial charge in [0.1, 0.15) is 0 Å². The molecule has 2 aromatic rings. The molecule has 1 aromatic heterocycles. The lowest BCUT2D eigenvalue weighted by Gasteiger charge is -2.29. The van der Waals surface area contributed by atoms with Gasteiger partial charge in [0, 0.05) is 12.3 Å². The SMILES string of the molecule is CC1CCCCC1NC(=O)Nc1cnn(-c2ccccc2S(C)(=O)=O)c1. The third kappa shape index (κ3) is 4.24. The number of nitrogens with zero attached hydrogens (tertiary/aromatic N) is 2. The van der Waals surface area contributed by atoms with E-state index in [1.165, 1.54) is 23.4 Å². The van der Waals surface area contributed by atoms with E-state index in [1.54, 1.807) is 24.4 Å². The number of para-hydroxylation sites is 1. The van der Waals surface area contributed by atoms with Gasteiger partial charge in [0.2, 0.25) is 0 Å². The van der Waals surface area contributed by atoms with Crippen molar-refractivity contribution in [3.8, 4) is 5.69 Å². The first-order chi connectivity index (χ1) is 12.3. The predicted octanol–water partition coefficient (Wildman–Crippen LogP) is 2.98. The maximum Gasteiger partial charge on any atom is 0.319 e. The monoisotopic (exact) mass is 376 g/mol. The van der Waals surface area contributed by atoms with Crippen molar-refractivity contribution in [1.29, 1.82) is 0 Å². The average molecular weight is 376 g/mol. The minimum absolute atomic E-state index is 0.185. The van der Waals surface area contributed by atoms with Gasteiger partial charge in [-0.3, -0.25) is 0 Å². The largest absolute Gasteiger partial charge is 0.335 e. The number of hydrogen-bond donors (Lipinski definition) is 2. The Labute approximate surface area is 153 Å². The van der Waals surface area contributed by atoms with Crippen molar-refractivity contribution in [1.82, 2.24) is 15.1 Å². The van der Waals surface area contributed by atoms with Crippen LogP contribution in [0.3, 0.4) is 0 Å². The summed E-state index contributed by atoms with van der Waals surface area (Å²) in [5.74, 6) is 0.471. The lowest BCUT2D eigenvalue weighted by molar-refractivity contribution is 0.232. The summed E-state index contributed by atoms with van der Waals surface area (Å²) in [5, 5.41) is 9.98. The van der Waals surface area contributed by atoms with Crippen LogP contribution in [0.25, 0.3) is 5.69 Å². The van der Waals surface area contributed by atoms with Crippen molar-refractivity contribution in [3.63, 3.8) is 0 Å². The molecule has 2 unspecified atom stereocenters. The fourth-order valence-corrected chi connectivity index (χ4v) is 4.21. The third-order valence-electron chi connectivity index (χ3n) is 4.78. The molecule has 2 amide bonds. The molecule has 0 bridgehead atoms. The van der Waals surface area contributed by atoms with Crippen LogP contribution in [0.5, 0.6) is 0 Å². The van der Waals surface area contributed by atoms with E-state index in [4.69, 9.17) is 0 Å². The molecule has 3 rings (SSSR count). The number of anilines is 1. The van der Waals surface area contributed by atoms with Crippen LogP contribution in [0.4, 0.5) is 10.5 Å². The van der Waals surface area contributed by atoms with Crippen molar-refractivity contribution in [2.75, 3.05) is 11.6 Å². The first-order valence-corrected chi connectivity index (χ1v) is 10.7. The first-order valence-electron chi connectivity index (χ1n) is 8.76. The van der Waals surface area contributed by atoms with Gasteiger partial charge in [0.15, 0.2) is 9.84 Å². The second kappa shape index (κ2) is 7.49. The van der Waals surface area contributed by atoms with E-state index >= 15 is 0 Å². The highest BCUT2D eigenvalue weighted by molar-refractivity contribution is 7.90. The van der Waals surface area contributed by atoms with Crippen LogP contribution in [-0.2, 0) is 9.84 Å². The summed E-state index contributed by atoms with van der Waals surface area (Å²) < 4.78 is 25.3. The van der Waals surface area contributed by atoms with Gasteiger partial charge in [-0.1, -0.05) is 31.9 Å². The molecule has 2 N–H and O–H groups in total. The summed E-state index contributed by atoms with van der Waals surface area (Å²) in [6.45, 7) is 2.16. The summed E-state index contributed by atoms with van der Waals surface area (Å²) in [6, 6.07) is 6.55. The summed E-state index contributed by atoms with van der Waals surface area (Å²) in [4.78, 5) is 12.4. The maximum absolute atomic E-state index is 12.2. The molecule has 1 aliphatic rings. The molecular weight excluding hydrogens is 352 g/mol. The number of sulfone groups is 1. The average Bonchev–Trinajstić information content (AvgIpc) is 3.04. The molecule has 1 aliphatic carbocycles. The highest BCUT2D eigenvalue weighted by Crippen LogP contribution is 2.24. The Hall–Kier alpha value is -2.35. The number of carbonyl (C=O) groups excluding carboxylic acids is 1. The van der Waals surface area contributed by atoms with E-state index in [-0.39, 0.29) is 17.0 Å². The van der Waals surface area contributed by atoms with Crippen molar-refractivity contribution >= 4 is 21.6 Å². The van der Waals surface area contributed by atoms with Gasteiger partial charge in [0.05, 0.1) is 28.7 Å². The van der Waals surface area contributed by atoms with Crippen molar-refractivity contribution in [2.45, 2.75) is 43.5 Å². The minimum Gasteiger partial charge on any atom is -0.335 e. The lowest BCUT2D eigenvalue weighted by Crippen LogP contribution is -2.43. The van der Waals surface area contributed by atoms with E-state index in [9.17, 15) is 13.2 Å². The molecule has 1 heterocycles. The summed E-state index contributed by atoms with van der Waals surface area (Å²) >= 11 is 0. The Kier molecular flexibility index (Phi) is 5.31. The molecule has 7 nitrogen and oxygen atoms in total. The molecule has 140 valence electrons. The van der Waals surface area contributed by atoms with Gasteiger partial charge in [-0.2, -0.15) is 5.10 Å². The van der Waals surface area contributed by atoms with Gasteiger partial charge in [-0.25, -0.2) is 17.9 Å². The Morgan fingerprint density at radius 3 is 2.69 bits per heavy atom. The number of amides is 2. The molecule has 26 heavy (non-hydrogen) atoms. The molecule has 1 saturated carbocycles. The van der Waals surface area contributed by atoms with E-state index in [0.29, 0.717) is 17.3 Å². The van der Waals surface area contributed by atoms with Crippen LogP contribution >= 0.6 is 0 Å². The number of aromatic nitrogens is 2. The van der Waals surface area contributed by atoms with Gasteiger partial charge in [-0.15, -0.1) is 0 Å². The molecule has 0 saturated heterocycles. The highest BCUT2D eigenvalue weighted by atomic mass is 32.2. The van der Waals surface area contributed by atoms with E-state index in [1.807, 2.05) is 0 Å². The smallest absolute Gasteiger partial charge is 0.319 e. The summed E-state index contributed by atoms with van der Waals surface area (Å²) in [6.07, 6.45) is 8.74. The second-order valence-electron chi connectivity index (χ2n) is 6.88. The number of hydrogen-bond acceptors (Lipinski definition) is 4. The summed E-state index contributed by atoms with van der Waals surface area (Å²) in [5.41, 5.74) is 0.957. The number of benzene rings is 1. The Morgan fingerprint density at radius 1 is 1.23 bits per heavy atom. The zero-order valence-corrected chi connectivity index (χ0v) is 15.8. The number of nitrogens with one attached hydrogen (secondary N) is 2. The van der Waals surface area contributed by atoms with Crippen molar-refractivity contribution < 1.29 is 13.2 Å². The third-order valence-corrected chi connectivity index (χ3v) is 5.92. The molecular formula is C18H24N4O3S. The minimum atomic E-state index is -3.38. The van der Waals surface area contributed by atoms with Crippen LogP contribution in [0.15, 0.2) is 41.6 Å². The lowest BCUT2D eigenvalue weighted by atomic mass is 9.86. The molecule has 0 aliphatic heterocycles. The van der Waals surface area contributed by atoms with Crippen molar-refractivity contribution in [3.05, 3.63) is 36.7 Å². The van der Waals surface area contributed by atoms with Gasteiger partial charge in [0.25, 0.3) is 0 Å². The zero-order valence-electron chi connectivity index (χ0n) is 15.0. The fourth-order valence-electron chi connectivity index (χ4n) is 3.35. The predicted molar refractivity (Wildman–Crippen MR) is 100 cm³/mol. The van der Waals surface area contributed by atoms with E-state index in [2.05, 4.69) is 22.7 Å². The topological polar surface area (TPSA) is 93.1 Å². The maximum atomic E-state index is 12.2. The second-order valence-corrected chi connectivity index (χ2v) is 8.86. The first kappa shape index (κ1) is 18.4. The molecule has 1 fully saturated rings. The van der Waals surface area contributed by atoms with Crippen LogP contribution in [0.2, 0.25) is 0 Å². The number of urea groups is 1. The Bertz CT molecular complexity index is 891. The number of rotatable bonds is 4.